The largest absolute Gasteiger partial charge is 0.435 e. The second kappa shape index (κ2) is 5.19. The molecule has 0 saturated carbocycles. The van der Waals surface area contributed by atoms with E-state index in [0.29, 0.717) is 6.07 Å². The number of hydrogen-bond donors (Lipinski definition) is 1. The number of primary amides is 1. The van der Waals surface area contributed by atoms with Crippen molar-refractivity contribution in [2.24, 2.45) is 5.73 Å². The lowest BCUT2D eigenvalue weighted by molar-refractivity contribution is 0.0997. The molecule has 0 saturated heterocycles. The van der Waals surface area contributed by atoms with E-state index in [-0.39, 0.29) is 22.2 Å². The number of carbonyl (C=O) groups excluding carboxylic acids is 1. The molecule has 98 valence electrons. The van der Waals surface area contributed by atoms with E-state index in [1.807, 2.05) is 0 Å². The van der Waals surface area contributed by atoms with E-state index in [1.165, 1.54) is 12.3 Å². The van der Waals surface area contributed by atoms with E-state index in [4.69, 9.17) is 22.1 Å². The lowest BCUT2D eigenvalue weighted by Crippen LogP contribution is -2.13. The van der Waals surface area contributed by atoms with Crippen LogP contribution in [0, 0.1) is 11.6 Å². The summed E-state index contributed by atoms with van der Waals surface area (Å²) in [5.74, 6) is -2.98. The van der Waals surface area contributed by atoms with Gasteiger partial charge < -0.3 is 10.5 Å². The number of nitrogens with zero attached hydrogens (tertiary/aromatic N) is 1. The average molecular weight is 285 g/mol. The number of hydrogen-bond acceptors (Lipinski definition) is 3. The molecule has 0 fully saturated rings. The van der Waals surface area contributed by atoms with Gasteiger partial charge >= 0.3 is 0 Å². The molecule has 0 atom stereocenters. The second-order valence-corrected chi connectivity index (χ2v) is 3.98. The molecule has 2 rings (SSSR count). The minimum Gasteiger partial charge on any atom is -0.435 e. The Labute approximate surface area is 111 Å². The molecule has 1 amide bonds. The predicted molar refractivity (Wildman–Crippen MR) is 64.2 cm³/mol. The zero-order valence-electron chi connectivity index (χ0n) is 9.36. The van der Waals surface area contributed by atoms with Crippen molar-refractivity contribution in [1.29, 1.82) is 0 Å². The molecule has 1 heterocycles. The Bertz CT molecular complexity index is 650. The predicted octanol–water partition coefficient (Wildman–Crippen LogP) is 2.90. The molecule has 0 aliphatic carbocycles. The molecule has 2 N–H and O–H groups in total. The van der Waals surface area contributed by atoms with Crippen molar-refractivity contribution in [2.75, 3.05) is 0 Å². The van der Waals surface area contributed by atoms with Crippen LogP contribution < -0.4 is 10.5 Å². The summed E-state index contributed by atoms with van der Waals surface area (Å²) in [6, 6.07) is 3.98. The van der Waals surface area contributed by atoms with Gasteiger partial charge in [-0.2, -0.15) is 0 Å². The first-order valence-corrected chi connectivity index (χ1v) is 5.43. The lowest BCUT2D eigenvalue weighted by Gasteiger charge is -2.08. The van der Waals surface area contributed by atoms with Crippen molar-refractivity contribution in [3.8, 4) is 11.6 Å². The molecule has 7 heteroatoms. The van der Waals surface area contributed by atoms with Crippen LogP contribution in [0.3, 0.4) is 0 Å². The summed E-state index contributed by atoms with van der Waals surface area (Å²) >= 11 is 5.67. The standard InChI is InChI=1S/C12H7ClF2N2O2/c13-6-3-8(11(16)18)12(17-5-6)19-10-2-1-7(14)4-9(10)15/h1-5H,(H2,16,18). The summed E-state index contributed by atoms with van der Waals surface area (Å²) in [5, 5.41) is 0.181. The SMILES string of the molecule is NC(=O)c1cc(Cl)cnc1Oc1ccc(F)cc1F. The molecule has 19 heavy (non-hydrogen) atoms. The summed E-state index contributed by atoms with van der Waals surface area (Å²) in [4.78, 5) is 14.9. The molecule has 0 aliphatic heterocycles. The van der Waals surface area contributed by atoms with E-state index < -0.39 is 17.5 Å². The van der Waals surface area contributed by atoms with Crippen molar-refractivity contribution in [3.63, 3.8) is 0 Å². The number of halogens is 3. The number of amides is 1. The van der Waals surface area contributed by atoms with Gasteiger partial charge in [0.2, 0.25) is 5.88 Å². The quantitative estimate of drug-likeness (QED) is 0.942. The number of aromatic nitrogens is 1. The fraction of sp³-hybridized carbons (Fsp3) is 0. The third kappa shape index (κ3) is 2.97. The van der Waals surface area contributed by atoms with Gasteiger partial charge in [-0.25, -0.2) is 13.8 Å². The Kier molecular flexibility index (Phi) is 3.62. The Balaban J connectivity index is 2.40. The fourth-order valence-electron chi connectivity index (χ4n) is 1.35. The minimum absolute atomic E-state index is 0.101. The van der Waals surface area contributed by atoms with Crippen molar-refractivity contribution >= 4 is 17.5 Å². The first-order chi connectivity index (χ1) is 8.97. The van der Waals surface area contributed by atoms with E-state index in [0.717, 1.165) is 12.1 Å². The number of rotatable bonds is 3. The first-order valence-electron chi connectivity index (χ1n) is 5.05. The van der Waals surface area contributed by atoms with Crippen molar-refractivity contribution in [2.45, 2.75) is 0 Å². The minimum atomic E-state index is -0.924. The molecule has 0 unspecified atom stereocenters. The summed E-state index contributed by atoms with van der Waals surface area (Å²) in [7, 11) is 0. The molecular weight excluding hydrogens is 278 g/mol. The van der Waals surface area contributed by atoms with Crippen LogP contribution in [-0.4, -0.2) is 10.9 Å². The normalized spacial score (nSPS) is 10.3. The maximum absolute atomic E-state index is 13.4. The smallest absolute Gasteiger partial charge is 0.254 e. The number of carbonyl (C=O) groups is 1. The third-order valence-corrected chi connectivity index (χ3v) is 2.39. The van der Waals surface area contributed by atoms with Crippen LogP contribution in [-0.2, 0) is 0 Å². The highest BCUT2D eigenvalue weighted by atomic mass is 35.5. The van der Waals surface area contributed by atoms with Crippen LogP contribution in [0.25, 0.3) is 0 Å². The highest BCUT2D eigenvalue weighted by Gasteiger charge is 2.15. The number of benzene rings is 1. The van der Waals surface area contributed by atoms with Crippen molar-refractivity contribution in [3.05, 3.63) is 52.7 Å². The van der Waals surface area contributed by atoms with E-state index in [2.05, 4.69) is 4.98 Å². The van der Waals surface area contributed by atoms with Gasteiger partial charge in [-0.1, -0.05) is 11.6 Å². The monoisotopic (exact) mass is 284 g/mol. The second-order valence-electron chi connectivity index (χ2n) is 3.55. The van der Waals surface area contributed by atoms with Crippen LogP contribution in [0.5, 0.6) is 11.6 Å². The van der Waals surface area contributed by atoms with Crippen molar-refractivity contribution in [1.82, 2.24) is 4.98 Å². The van der Waals surface area contributed by atoms with E-state index in [9.17, 15) is 13.6 Å². The number of pyridine rings is 1. The van der Waals surface area contributed by atoms with Crippen LogP contribution in [0.15, 0.2) is 30.5 Å². The molecule has 2 aromatic rings. The Morgan fingerprint density at radius 1 is 1.32 bits per heavy atom. The lowest BCUT2D eigenvalue weighted by atomic mass is 10.2. The fourth-order valence-corrected chi connectivity index (χ4v) is 1.50. The van der Waals surface area contributed by atoms with Crippen LogP contribution in [0.4, 0.5) is 8.78 Å². The molecule has 0 spiro atoms. The van der Waals surface area contributed by atoms with Crippen molar-refractivity contribution < 1.29 is 18.3 Å². The van der Waals surface area contributed by atoms with E-state index >= 15 is 0 Å². The number of ether oxygens (including phenoxy) is 1. The molecule has 4 nitrogen and oxygen atoms in total. The van der Waals surface area contributed by atoms with Gasteiger partial charge in [0.1, 0.15) is 11.4 Å². The zero-order chi connectivity index (χ0) is 14.0. The molecule has 1 aromatic carbocycles. The Hall–Kier alpha value is -2.21. The van der Waals surface area contributed by atoms with Gasteiger partial charge in [0.05, 0.1) is 5.02 Å². The van der Waals surface area contributed by atoms with Crippen LogP contribution in [0.2, 0.25) is 5.02 Å². The van der Waals surface area contributed by atoms with Gasteiger partial charge in [-0.05, 0) is 18.2 Å². The highest BCUT2D eigenvalue weighted by molar-refractivity contribution is 6.30. The molecular formula is C12H7ClF2N2O2. The average Bonchev–Trinajstić information content (AvgIpc) is 2.34. The molecule has 0 bridgehead atoms. The van der Waals surface area contributed by atoms with E-state index in [1.54, 1.807) is 0 Å². The summed E-state index contributed by atoms with van der Waals surface area (Å²) in [6.07, 6.45) is 1.21. The number of nitrogens with two attached hydrogens (primary N) is 1. The Morgan fingerprint density at radius 2 is 2.05 bits per heavy atom. The molecule has 0 aliphatic rings. The maximum Gasteiger partial charge on any atom is 0.254 e. The van der Waals surface area contributed by atoms with Crippen LogP contribution >= 0.6 is 11.6 Å². The summed E-state index contributed by atoms with van der Waals surface area (Å²) in [6.45, 7) is 0. The van der Waals surface area contributed by atoms with Gasteiger partial charge in [-0.15, -0.1) is 0 Å². The summed E-state index contributed by atoms with van der Waals surface area (Å²) in [5.41, 5.74) is 5.03. The topological polar surface area (TPSA) is 65.2 Å². The van der Waals surface area contributed by atoms with Crippen LogP contribution in [0.1, 0.15) is 10.4 Å². The zero-order valence-corrected chi connectivity index (χ0v) is 10.1. The molecule has 1 aromatic heterocycles. The van der Waals surface area contributed by atoms with Gasteiger partial charge in [0.15, 0.2) is 11.6 Å². The maximum atomic E-state index is 13.4. The Morgan fingerprint density at radius 3 is 2.68 bits per heavy atom. The van der Waals surface area contributed by atoms with Gasteiger partial charge in [0, 0.05) is 12.3 Å². The van der Waals surface area contributed by atoms with Gasteiger partial charge in [-0.3, -0.25) is 4.79 Å². The molecule has 0 radical (unpaired) electrons. The van der Waals surface area contributed by atoms with Gasteiger partial charge in [0.25, 0.3) is 5.91 Å². The summed E-state index contributed by atoms with van der Waals surface area (Å²) < 4.78 is 31.3. The highest BCUT2D eigenvalue weighted by Crippen LogP contribution is 2.27. The first kappa shape index (κ1) is 13.2. The third-order valence-electron chi connectivity index (χ3n) is 2.18.